The van der Waals surface area contributed by atoms with Gasteiger partial charge in [-0.05, 0) is 12.3 Å². The molecule has 0 aromatic rings. The topological polar surface area (TPSA) is 37.3 Å². The Balaban J connectivity index is 3.13. The molecule has 1 N–H and O–H groups in total. The van der Waals surface area contributed by atoms with E-state index in [4.69, 9.17) is 5.11 Å². The maximum absolute atomic E-state index is 10.4. The monoisotopic (exact) mass is 242 g/mol. The van der Waals surface area contributed by atoms with Crippen LogP contribution in [0.1, 0.15) is 84.5 Å². The Kier molecular flexibility index (Phi) is 11.6. The lowest BCUT2D eigenvalue weighted by Gasteiger charge is -2.09. The average Bonchev–Trinajstić information content (AvgIpc) is 2.30. The number of rotatable bonds is 12. The Morgan fingerprint density at radius 3 is 2.00 bits per heavy atom. The molecule has 1 unspecified atom stereocenters. The quantitative estimate of drug-likeness (QED) is 0.488. The third kappa shape index (κ3) is 13.4. The van der Waals surface area contributed by atoms with E-state index >= 15 is 0 Å². The summed E-state index contributed by atoms with van der Waals surface area (Å²) in [7, 11) is 0. The van der Waals surface area contributed by atoms with Crippen LogP contribution in [0.2, 0.25) is 0 Å². The van der Waals surface area contributed by atoms with Crippen LogP contribution in [-0.2, 0) is 4.79 Å². The largest absolute Gasteiger partial charge is 0.481 e. The number of hydrogen-bond donors (Lipinski definition) is 1. The summed E-state index contributed by atoms with van der Waals surface area (Å²) < 4.78 is 0. The first-order valence-electron chi connectivity index (χ1n) is 7.38. The number of carboxylic acid groups (broad SMARTS) is 1. The maximum atomic E-state index is 10.4. The van der Waals surface area contributed by atoms with Crippen LogP contribution in [0.15, 0.2) is 0 Å². The number of carbonyl (C=O) groups is 1. The van der Waals surface area contributed by atoms with Gasteiger partial charge in [0.2, 0.25) is 0 Å². The van der Waals surface area contributed by atoms with E-state index in [-0.39, 0.29) is 0 Å². The number of hydrogen-bond acceptors (Lipinski definition) is 1. The maximum Gasteiger partial charge on any atom is 0.303 e. The van der Waals surface area contributed by atoms with Gasteiger partial charge < -0.3 is 5.11 Å². The molecule has 17 heavy (non-hydrogen) atoms. The number of aliphatic carboxylic acids is 1. The molecular weight excluding hydrogens is 212 g/mol. The zero-order valence-corrected chi connectivity index (χ0v) is 11.7. The van der Waals surface area contributed by atoms with Crippen molar-refractivity contribution in [3.05, 3.63) is 0 Å². The first-order valence-corrected chi connectivity index (χ1v) is 7.38. The molecule has 0 aliphatic rings. The Hall–Kier alpha value is -0.530. The van der Waals surface area contributed by atoms with Crippen molar-refractivity contribution in [1.29, 1.82) is 0 Å². The molecule has 0 aliphatic carbocycles. The van der Waals surface area contributed by atoms with E-state index in [0.29, 0.717) is 12.3 Å². The molecular formula is C15H30O2. The third-order valence-corrected chi connectivity index (χ3v) is 3.40. The summed E-state index contributed by atoms with van der Waals surface area (Å²) in [5, 5.41) is 8.57. The van der Waals surface area contributed by atoms with Crippen LogP contribution in [-0.4, -0.2) is 11.1 Å². The van der Waals surface area contributed by atoms with Crippen LogP contribution >= 0.6 is 0 Å². The Morgan fingerprint density at radius 1 is 0.941 bits per heavy atom. The van der Waals surface area contributed by atoms with Crippen molar-refractivity contribution >= 4 is 5.97 Å². The fourth-order valence-corrected chi connectivity index (χ4v) is 2.14. The molecule has 102 valence electrons. The van der Waals surface area contributed by atoms with E-state index in [0.717, 1.165) is 6.42 Å². The highest BCUT2D eigenvalue weighted by Crippen LogP contribution is 2.16. The van der Waals surface area contributed by atoms with E-state index in [9.17, 15) is 4.79 Å². The average molecular weight is 242 g/mol. The summed E-state index contributed by atoms with van der Waals surface area (Å²) in [4.78, 5) is 10.4. The van der Waals surface area contributed by atoms with Gasteiger partial charge in [0.1, 0.15) is 0 Å². The van der Waals surface area contributed by atoms with Crippen LogP contribution in [0, 0.1) is 5.92 Å². The van der Waals surface area contributed by atoms with Gasteiger partial charge in [-0.2, -0.15) is 0 Å². The van der Waals surface area contributed by atoms with E-state index in [1.807, 2.05) is 0 Å². The molecule has 0 bridgehead atoms. The van der Waals surface area contributed by atoms with Gasteiger partial charge >= 0.3 is 5.97 Å². The minimum Gasteiger partial charge on any atom is -0.481 e. The molecule has 2 heteroatoms. The SMILES string of the molecule is CCCCCCCCCCC(C)CCC(=O)O. The summed E-state index contributed by atoms with van der Waals surface area (Å²) in [5.74, 6) is -0.0843. The summed E-state index contributed by atoms with van der Waals surface area (Å²) >= 11 is 0. The van der Waals surface area contributed by atoms with Crippen molar-refractivity contribution in [3.8, 4) is 0 Å². The molecule has 0 fully saturated rings. The van der Waals surface area contributed by atoms with Crippen molar-refractivity contribution < 1.29 is 9.90 Å². The van der Waals surface area contributed by atoms with E-state index in [1.165, 1.54) is 57.8 Å². The second kappa shape index (κ2) is 11.9. The van der Waals surface area contributed by atoms with E-state index in [1.54, 1.807) is 0 Å². The second-order valence-electron chi connectivity index (χ2n) is 5.30. The van der Waals surface area contributed by atoms with Gasteiger partial charge in [-0.25, -0.2) is 0 Å². The first-order chi connectivity index (χ1) is 8.16. The zero-order valence-electron chi connectivity index (χ0n) is 11.7. The molecule has 0 rings (SSSR count). The Bertz CT molecular complexity index is 178. The second-order valence-corrected chi connectivity index (χ2v) is 5.30. The van der Waals surface area contributed by atoms with E-state index in [2.05, 4.69) is 13.8 Å². The molecule has 0 saturated heterocycles. The lowest BCUT2D eigenvalue weighted by Crippen LogP contribution is -2.01. The molecule has 0 aromatic carbocycles. The van der Waals surface area contributed by atoms with Gasteiger partial charge in [-0.3, -0.25) is 4.79 Å². The predicted octanol–water partition coefficient (Wildman–Crippen LogP) is 5.02. The fraction of sp³-hybridized carbons (Fsp3) is 0.933. The number of carboxylic acids is 1. The lowest BCUT2D eigenvalue weighted by molar-refractivity contribution is -0.137. The molecule has 0 aromatic heterocycles. The van der Waals surface area contributed by atoms with Crippen LogP contribution < -0.4 is 0 Å². The normalized spacial score (nSPS) is 12.6. The first kappa shape index (κ1) is 16.5. The van der Waals surface area contributed by atoms with Gasteiger partial charge in [-0.1, -0.05) is 71.6 Å². The van der Waals surface area contributed by atoms with Gasteiger partial charge in [0.25, 0.3) is 0 Å². The van der Waals surface area contributed by atoms with Crippen molar-refractivity contribution in [1.82, 2.24) is 0 Å². The summed E-state index contributed by atoms with van der Waals surface area (Å²) in [5.41, 5.74) is 0. The molecule has 0 amide bonds. The highest BCUT2D eigenvalue weighted by Gasteiger charge is 2.04. The van der Waals surface area contributed by atoms with Gasteiger partial charge in [0, 0.05) is 6.42 Å². The molecule has 2 nitrogen and oxygen atoms in total. The highest BCUT2D eigenvalue weighted by molar-refractivity contribution is 5.66. The molecule has 0 aliphatic heterocycles. The van der Waals surface area contributed by atoms with Crippen LogP contribution in [0.5, 0.6) is 0 Å². The molecule has 0 spiro atoms. The van der Waals surface area contributed by atoms with Crippen molar-refractivity contribution in [2.24, 2.45) is 5.92 Å². The fourth-order valence-electron chi connectivity index (χ4n) is 2.14. The highest BCUT2D eigenvalue weighted by atomic mass is 16.4. The van der Waals surface area contributed by atoms with Crippen LogP contribution in [0.4, 0.5) is 0 Å². The minimum atomic E-state index is -0.659. The van der Waals surface area contributed by atoms with Crippen molar-refractivity contribution in [2.75, 3.05) is 0 Å². The molecule has 1 atom stereocenters. The van der Waals surface area contributed by atoms with Gasteiger partial charge in [0.05, 0.1) is 0 Å². The Labute approximate surface area is 107 Å². The summed E-state index contributed by atoms with van der Waals surface area (Å²) in [6.07, 6.45) is 13.2. The zero-order chi connectivity index (χ0) is 12.9. The smallest absolute Gasteiger partial charge is 0.303 e. The summed E-state index contributed by atoms with van der Waals surface area (Å²) in [6, 6.07) is 0. The minimum absolute atomic E-state index is 0.332. The predicted molar refractivity (Wildman–Crippen MR) is 73.3 cm³/mol. The molecule has 0 saturated carbocycles. The third-order valence-electron chi connectivity index (χ3n) is 3.40. The van der Waals surface area contributed by atoms with E-state index < -0.39 is 5.97 Å². The standard InChI is InChI=1S/C15H30O2/c1-3-4-5-6-7-8-9-10-11-14(2)12-13-15(16)17/h14H,3-13H2,1-2H3,(H,16,17). The number of unbranched alkanes of at least 4 members (excludes halogenated alkanes) is 7. The van der Waals surface area contributed by atoms with Gasteiger partial charge in [-0.15, -0.1) is 0 Å². The molecule has 0 radical (unpaired) electrons. The van der Waals surface area contributed by atoms with Gasteiger partial charge in [0.15, 0.2) is 0 Å². The van der Waals surface area contributed by atoms with Crippen LogP contribution in [0.3, 0.4) is 0 Å². The van der Waals surface area contributed by atoms with Crippen LogP contribution in [0.25, 0.3) is 0 Å². The van der Waals surface area contributed by atoms with Crippen molar-refractivity contribution in [2.45, 2.75) is 84.5 Å². The molecule has 0 heterocycles. The van der Waals surface area contributed by atoms with Crippen molar-refractivity contribution in [3.63, 3.8) is 0 Å². The summed E-state index contributed by atoms with van der Waals surface area (Å²) in [6.45, 7) is 4.42. The lowest BCUT2D eigenvalue weighted by atomic mass is 9.97. The Morgan fingerprint density at radius 2 is 1.47 bits per heavy atom.